The number of methoxy groups -OCH3 is 1. The molecular formula is C25H18ClIN2O6. The second kappa shape index (κ2) is 10.4. The molecule has 0 amide bonds. The third-order valence-electron chi connectivity index (χ3n) is 5.10. The summed E-state index contributed by atoms with van der Waals surface area (Å²) in [5, 5.41) is 11.5. The zero-order valence-corrected chi connectivity index (χ0v) is 21.5. The fraction of sp³-hybridized carbons (Fsp3) is 0.120. The maximum absolute atomic E-state index is 12.4. The Hall–Kier alpha value is -3.44. The molecule has 0 saturated heterocycles. The zero-order chi connectivity index (χ0) is 25.1. The van der Waals surface area contributed by atoms with Crippen molar-refractivity contribution in [2.24, 2.45) is 4.99 Å². The van der Waals surface area contributed by atoms with Gasteiger partial charge in [-0.1, -0.05) is 29.8 Å². The maximum Gasteiger partial charge on any atom is 0.363 e. The number of aliphatic imine (C=N–C) groups is 1. The van der Waals surface area contributed by atoms with E-state index in [9.17, 15) is 14.9 Å². The predicted molar refractivity (Wildman–Crippen MR) is 140 cm³/mol. The van der Waals surface area contributed by atoms with Crippen molar-refractivity contribution in [3.63, 3.8) is 0 Å². The summed E-state index contributed by atoms with van der Waals surface area (Å²) < 4.78 is 17.7. The lowest BCUT2D eigenvalue weighted by Gasteiger charge is -2.13. The molecular weight excluding hydrogens is 587 g/mol. The van der Waals surface area contributed by atoms with Gasteiger partial charge in [0.2, 0.25) is 5.90 Å². The number of carbonyl (C=O) groups is 1. The Balaban J connectivity index is 1.61. The summed E-state index contributed by atoms with van der Waals surface area (Å²) in [5.74, 6) is 0.0669. The molecule has 1 aliphatic rings. The Morgan fingerprint density at radius 2 is 2.00 bits per heavy atom. The average molecular weight is 605 g/mol. The van der Waals surface area contributed by atoms with Crippen molar-refractivity contribution in [3.05, 3.63) is 101 Å². The number of benzene rings is 3. The van der Waals surface area contributed by atoms with E-state index < -0.39 is 10.9 Å². The van der Waals surface area contributed by atoms with E-state index in [-0.39, 0.29) is 17.3 Å². The minimum atomic E-state index is -0.683. The highest BCUT2D eigenvalue weighted by molar-refractivity contribution is 14.1. The van der Waals surface area contributed by atoms with Gasteiger partial charge in [0.15, 0.2) is 17.2 Å². The number of hydrogen-bond acceptors (Lipinski definition) is 7. The molecule has 0 aromatic heterocycles. The van der Waals surface area contributed by atoms with Gasteiger partial charge in [0.1, 0.15) is 6.61 Å². The maximum atomic E-state index is 12.4. The van der Waals surface area contributed by atoms with E-state index in [4.69, 9.17) is 25.8 Å². The van der Waals surface area contributed by atoms with Crippen LogP contribution in [0.3, 0.4) is 0 Å². The smallest absolute Gasteiger partial charge is 0.363 e. The first-order valence-corrected chi connectivity index (χ1v) is 11.7. The lowest BCUT2D eigenvalue weighted by molar-refractivity contribution is -0.385. The lowest BCUT2D eigenvalue weighted by Crippen LogP contribution is -2.06. The number of nitrogens with zero attached hydrogens (tertiary/aromatic N) is 2. The molecule has 1 aliphatic heterocycles. The van der Waals surface area contributed by atoms with Gasteiger partial charge in [-0.05, 0) is 77.0 Å². The molecule has 0 atom stereocenters. The summed E-state index contributed by atoms with van der Waals surface area (Å²) in [7, 11) is 1.49. The van der Waals surface area contributed by atoms with Crippen LogP contribution < -0.4 is 9.47 Å². The van der Waals surface area contributed by atoms with Crippen molar-refractivity contribution in [2.75, 3.05) is 7.11 Å². The van der Waals surface area contributed by atoms with Crippen molar-refractivity contribution in [1.82, 2.24) is 0 Å². The number of cyclic esters (lactones) is 1. The summed E-state index contributed by atoms with van der Waals surface area (Å²) in [5.41, 5.74) is 2.28. The molecule has 0 spiro atoms. The SMILES string of the molecule is COc1cc(/C=C2\N=C(c3ccc(C)c([N+](=O)[O-])c3)OC2=O)cc(Cl)c1OCc1cccc(I)c1. The Morgan fingerprint density at radius 3 is 2.71 bits per heavy atom. The quantitative estimate of drug-likeness (QED) is 0.106. The number of carbonyl (C=O) groups excluding carboxylic acids is 1. The van der Waals surface area contributed by atoms with Crippen LogP contribution in [-0.4, -0.2) is 23.9 Å². The highest BCUT2D eigenvalue weighted by atomic mass is 127. The van der Waals surface area contributed by atoms with Crippen LogP contribution in [0.5, 0.6) is 11.5 Å². The van der Waals surface area contributed by atoms with Crippen LogP contribution in [0.1, 0.15) is 22.3 Å². The van der Waals surface area contributed by atoms with Crippen LogP contribution in [0.15, 0.2) is 65.3 Å². The summed E-state index contributed by atoms with van der Waals surface area (Å²) >= 11 is 8.70. The van der Waals surface area contributed by atoms with Gasteiger partial charge in [-0.2, -0.15) is 0 Å². The summed E-state index contributed by atoms with van der Waals surface area (Å²) in [6.45, 7) is 1.93. The van der Waals surface area contributed by atoms with Crippen LogP contribution in [0.25, 0.3) is 6.08 Å². The second-order valence-corrected chi connectivity index (χ2v) is 9.20. The van der Waals surface area contributed by atoms with Gasteiger partial charge in [-0.15, -0.1) is 0 Å². The van der Waals surface area contributed by atoms with E-state index >= 15 is 0 Å². The third-order valence-corrected chi connectivity index (χ3v) is 6.05. The number of aryl methyl sites for hydroxylation is 1. The van der Waals surface area contributed by atoms with Crippen molar-refractivity contribution in [2.45, 2.75) is 13.5 Å². The fourth-order valence-electron chi connectivity index (χ4n) is 3.38. The molecule has 0 fully saturated rings. The molecule has 3 aromatic carbocycles. The topological polar surface area (TPSA) is 100 Å². The molecule has 8 nitrogen and oxygen atoms in total. The van der Waals surface area contributed by atoms with Gasteiger partial charge in [0.05, 0.1) is 17.1 Å². The fourth-order valence-corrected chi connectivity index (χ4v) is 4.26. The number of rotatable bonds is 7. The van der Waals surface area contributed by atoms with Crippen LogP contribution in [0.2, 0.25) is 5.02 Å². The molecule has 0 bridgehead atoms. The molecule has 0 saturated carbocycles. The standard InChI is InChI=1S/C25H18ClIN2O6/c1-14-6-7-17(12-21(14)29(31)32)24-28-20(25(30)35-24)10-16-9-19(26)23(22(11-16)33-2)34-13-15-4-3-5-18(27)8-15/h3-12H,13H2,1-2H3/b20-10-. The predicted octanol–water partition coefficient (Wildman–Crippen LogP) is 6.09. The normalized spacial score (nSPS) is 14.0. The van der Waals surface area contributed by atoms with Gasteiger partial charge >= 0.3 is 5.97 Å². The van der Waals surface area contributed by atoms with Crippen LogP contribution in [0.4, 0.5) is 5.69 Å². The van der Waals surface area contributed by atoms with E-state index in [1.807, 2.05) is 24.3 Å². The van der Waals surface area contributed by atoms with Crippen LogP contribution >= 0.6 is 34.2 Å². The average Bonchev–Trinajstić information content (AvgIpc) is 3.18. The number of hydrogen-bond donors (Lipinski definition) is 0. The van der Waals surface area contributed by atoms with E-state index in [1.54, 1.807) is 31.2 Å². The molecule has 4 rings (SSSR count). The van der Waals surface area contributed by atoms with Gasteiger partial charge in [0.25, 0.3) is 5.69 Å². The molecule has 3 aromatic rings. The molecule has 0 unspecified atom stereocenters. The lowest BCUT2D eigenvalue weighted by atomic mass is 10.1. The summed E-state index contributed by atoms with van der Waals surface area (Å²) in [6, 6.07) is 15.7. The van der Waals surface area contributed by atoms with E-state index in [2.05, 4.69) is 27.6 Å². The largest absolute Gasteiger partial charge is 0.493 e. The van der Waals surface area contributed by atoms with Crippen molar-refractivity contribution in [1.29, 1.82) is 0 Å². The zero-order valence-electron chi connectivity index (χ0n) is 18.6. The number of ether oxygens (including phenoxy) is 3. The van der Waals surface area contributed by atoms with Gasteiger partial charge in [-0.3, -0.25) is 10.1 Å². The number of nitro benzene ring substituents is 1. The molecule has 1 heterocycles. The Labute approximate surface area is 219 Å². The Kier molecular flexibility index (Phi) is 7.37. The molecule has 178 valence electrons. The second-order valence-electron chi connectivity index (χ2n) is 7.55. The minimum Gasteiger partial charge on any atom is -0.493 e. The van der Waals surface area contributed by atoms with E-state index in [0.717, 1.165) is 9.13 Å². The number of esters is 1. The first-order valence-electron chi connectivity index (χ1n) is 10.3. The van der Waals surface area contributed by atoms with Crippen LogP contribution in [-0.2, 0) is 16.1 Å². The van der Waals surface area contributed by atoms with Crippen molar-refractivity contribution < 1.29 is 23.9 Å². The third kappa shape index (κ3) is 5.63. The minimum absolute atomic E-state index is 0.0140. The van der Waals surface area contributed by atoms with Gasteiger partial charge < -0.3 is 14.2 Å². The summed E-state index contributed by atoms with van der Waals surface area (Å²) in [6.07, 6.45) is 1.50. The number of nitro groups is 1. The van der Waals surface area contributed by atoms with Gasteiger partial charge in [-0.25, -0.2) is 9.79 Å². The van der Waals surface area contributed by atoms with E-state index in [0.29, 0.717) is 39.8 Å². The highest BCUT2D eigenvalue weighted by Crippen LogP contribution is 2.38. The molecule has 0 N–H and O–H groups in total. The van der Waals surface area contributed by atoms with E-state index in [1.165, 1.54) is 19.3 Å². The summed E-state index contributed by atoms with van der Waals surface area (Å²) in [4.78, 5) is 27.4. The van der Waals surface area contributed by atoms with Crippen molar-refractivity contribution in [3.8, 4) is 11.5 Å². The molecule has 10 heteroatoms. The monoisotopic (exact) mass is 604 g/mol. The molecule has 35 heavy (non-hydrogen) atoms. The molecule has 0 aliphatic carbocycles. The highest BCUT2D eigenvalue weighted by Gasteiger charge is 2.26. The number of halogens is 2. The molecule has 0 radical (unpaired) electrons. The first-order chi connectivity index (χ1) is 16.7. The van der Waals surface area contributed by atoms with Gasteiger partial charge in [0, 0.05) is 20.8 Å². The Morgan fingerprint density at radius 1 is 1.20 bits per heavy atom. The Bertz CT molecular complexity index is 1400. The van der Waals surface area contributed by atoms with Crippen molar-refractivity contribution >= 4 is 57.8 Å². The van der Waals surface area contributed by atoms with Crippen LogP contribution in [0, 0.1) is 20.6 Å². The first kappa shape index (κ1) is 24.7.